The Morgan fingerprint density at radius 2 is 1.83 bits per heavy atom. The average molecular weight is 404 g/mol. The molecule has 0 radical (unpaired) electrons. The van der Waals surface area contributed by atoms with Crippen molar-refractivity contribution in [2.24, 2.45) is 0 Å². The number of carbonyl (C=O) groups is 2. The van der Waals surface area contributed by atoms with E-state index in [4.69, 9.17) is 5.26 Å². The molecule has 1 heterocycles. The summed E-state index contributed by atoms with van der Waals surface area (Å²) in [6.45, 7) is 0.305. The van der Waals surface area contributed by atoms with E-state index in [0.29, 0.717) is 12.2 Å². The van der Waals surface area contributed by atoms with Crippen LogP contribution in [0.1, 0.15) is 19.3 Å². The molecule has 0 fully saturated rings. The molecule has 3 aromatic rings. The highest BCUT2D eigenvalue weighted by molar-refractivity contribution is 7.13. The smallest absolute Gasteiger partial charge is 0.227 e. The number of amides is 2. The van der Waals surface area contributed by atoms with E-state index in [9.17, 15) is 9.59 Å². The number of nitriles is 1. The summed E-state index contributed by atoms with van der Waals surface area (Å²) in [5, 5.41) is 14.5. The maximum Gasteiger partial charge on any atom is 0.227 e. The fraction of sp³-hybridized carbons (Fsp3) is 0.182. The molecular formula is C22H20N4O2S. The molecule has 0 aliphatic carbocycles. The number of hydrogen-bond acceptors (Lipinski definition) is 5. The van der Waals surface area contributed by atoms with Crippen LogP contribution in [0.5, 0.6) is 0 Å². The zero-order valence-corrected chi connectivity index (χ0v) is 16.6. The summed E-state index contributed by atoms with van der Waals surface area (Å²) in [5.41, 5.74) is 2.39. The van der Waals surface area contributed by atoms with Crippen LogP contribution in [0.4, 0.5) is 11.4 Å². The van der Waals surface area contributed by atoms with Crippen LogP contribution in [-0.4, -0.2) is 23.3 Å². The molecule has 0 spiro atoms. The number of benzene rings is 2. The third-order valence-electron chi connectivity index (χ3n) is 4.23. The molecule has 2 aromatic carbocycles. The number of para-hydroxylation sites is 1. The Balaban J connectivity index is 1.54. The number of thiazole rings is 1. The van der Waals surface area contributed by atoms with Crippen LogP contribution in [0.3, 0.4) is 0 Å². The molecule has 29 heavy (non-hydrogen) atoms. The molecule has 146 valence electrons. The first-order chi connectivity index (χ1) is 14.2. The van der Waals surface area contributed by atoms with Gasteiger partial charge in [-0.1, -0.05) is 18.2 Å². The fourth-order valence-corrected chi connectivity index (χ4v) is 3.45. The van der Waals surface area contributed by atoms with Gasteiger partial charge in [-0.2, -0.15) is 5.26 Å². The Hall–Kier alpha value is -3.50. The van der Waals surface area contributed by atoms with Gasteiger partial charge in [0.1, 0.15) is 5.01 Å². The topological polar surface area (TPSA) is 86.1 Å². The van der Waals surface area contributed by atoms with Gasteiger partial charge in [-0.3, -0.25) is 9.59 Å². The van der Waals surface area contributed by atoms with Crippen LogP contribution in [0, 0.1) is 11.3 Å². The van der Waals surface area contributed by atoms with E-state index in [0.717, 1.165) is 16.3 Å². The van der Waals surface area contributed by atoms with Gasteiger partial charge in [-0.15, -0.1) is 11.3 Å². The molecule has 6 nitrogen and oxygen atoms in total. The molecule has 3 rings (SSSR count). The third-order valence-corrected chi connectivity index (χ3v) is 5.05. The van der Waals surface area contributed by atoms with E-state index in [2.05, 4.69) is 16.4 Å². The van der Waals surface area contributed by atoms with E-state index >= 15 is 0 Å². The molecular weight excluding hydrogens is 384 g/mol. The fourth-order valence-electron chi connectivity index (χ4n) is 2.81. The second kappa shape index (κ2) is 10.2. The van der Waals surface area contributed by atoms with Crippen molar-refractivity contribution in [2.45, 2.75) is 19.3 Å². The molecule has 1 aromatic heterocycles. The molecule has 2 amide bonds. The van der Waals surface area contributed by atoms with Crippen LogP contribution < -0.4 is 10.2 Å². The Labute approximate surface area is 173 Å². The average Bonchev–Trinajstić information content (AvgIpc) is 3.29. The summed E-state index contributed by atoms with van der Waals surface area (Å²) in [6, 6.07) is 18.7. The number of carbonyl (C=O) groups excluding carboxylic acids is 2. The number of aromatic nitrogens is 1. The Morgan fingerprint density at radius 3 is 2.48 bits per heavy atom. The van der Waals surface area contributed by atoms with E-state index in [-0.39, 0.29) is 31.1 Å². The molecule has 0 aliphatic heterocycles. The SMILES string of the molecule is N#CCCN(C(=O)CCC(=O)Nc1ccc(-c2nccs2)cc1)c1ccccc1. The second-order valence-electron chi connectivity index (χ2n) is 6.25. The summed E-state index contributed by atoms with van der Waals surface area (Å²) < 4.78 is 0. The number of rotatable bonds is 8. The van der Waals surface area contributed by atoms with Crippen LogP contribution >= 0.6 is 11.3 Å². The van der Waals surface area contributed by atoms with Crippen molar-refractivity contribution in [3.8, 4) is 16.6 Å². The van der Waals surface area contributed by atoms with Gasteiger partial charge in [0.15, 0.2) is 0 Å². The zero-order chi connectivity index (χ0) is 20.5. The Kier molecular flexibility index (Phi) is 7.09. The molecule has 7 heteroatoms. The third kappa shape index (κ3) is 5.74. The minimum atomic E-state index is -0.228. The predicted octanol–water partition coefficient (Wildman–Crippen LogP) is 4.48. The summed E-state index contributed by atoms with van der Waals surface area (Å²) in [6.07, 6.45) is 2.13. The van der Waals surface area contributed by atoms with Crippen LogP contribution in [0.2, 0.25) is 0 Å². The predicted molar refractivity (Wildman–Crippen MR) is 114 cm³/mol. The second-order valence-corrected chi connectivity index (χ2v) is 7.15. The maximum absolute atomic E-state index is 12.6. The molecule has 0 saturated carbocycles. The van der Waals surface area contributed by atoms with E-state index in [1.54, 1.807) is 22.4 Å². The standard InChI is InChI=1S/C22H20N4O2S/c23-13-4-15-26(19-5-2-1-3-6-19)21(28)12-11-20(27)25-18-9-7-17(8-10-18)22-24-14-16-29-22/h1-3,5-10,14,16H,4,11-12,15H2,(H,25,27). The zero-order valence-electron chi connectivity index (χ0n) is 15.7. The van der Waals surface area contributed by atoms with Crippen LogP contribution in [0.15, 0.2) is 66.2 Å². The number of nitrogens with one attached hydrogen (secondary N) is 1. The number of hydrogen-bond donors (Lipinski definition) is 1. The Bertz CT molecular complexity index is 980. The van der Waals surface area contributed by atoms with Gasteiger partial charge < -0.3 is 10.2 Å². The van der Waals surface area contributed by atoms with Crippen LogP contribution in [-0.2, 0) is 9.59 Å². The number of anilines is 2. The Morgan fingerprint density at radius 1 is 1.07 bits per heavy atom. The molecule has 0 saturated heterocycles. The molecule has 0 atom stereocenters. The van der Waals surface area contributed by atoms with Crippen LogP contribution in [0.25, 0.3) is 10.6 Å². The lowest BCUT2D eigenvalue weighted by atomic mass is 10.2. The van der Waals surface area contributed by atoms with Crippen molar-refractivity contribution in [1.29, 1.82) is 5.26 Å². The molecule has 0 unspecified atom stereocenters. The van der Waals surface area contributed by atoms with Crippen molar-refractivity contribution >= 4 is 34.5 Å². The summed E-state index contributed by atoms with van der Waals surface area (Å²) in [5.74, 6) is -0.408. The molecule has 1 N–H and O–H groups in total. The van der Waals surface area contributed by atoms with Crippen molar-refractivity contribution < 1.29 is 9.59 Å². The van der Waals surface area contributed by atoms with E-state index in [1.165, 1.54) is 0 Å². The lowest BCUT2D eigenvalue weighted by Gasteiger charge is -2.21. The molecule has 0 aliphatic rings. The van der Waals surface area contributed by atoms with Crippen molar-refractivity contribution in [3.63, 3.8) is 0 Å². The van der Waals surface area contributed by atoms with Gasteiger partial charge in [-0.25, -0.2) is 4.98 Å². The van der Waals surface area contributed by atoms with Gasteiger partial charge >= 0.3 is 0 Å². The highest BCUT2D eigenvalue weighted by Gasteiger charge is 2.16. The normalized spacial score (nSPS) is 10.2. The van der Waals surface area contributed by atoms with Crippen molar-refractivity contribution in [3.05, 3.63) is 66.2 Å². The summed E-state index contributed by atoms with van der Waals surface area (Å²) in [4.78, 5) is 30.7. The maximum atomic E-state index is 12.6. The first-order valence-electron chi connectivity index (χ1n) is 9.19. The summed E-state index contributed by atoms with van der Waals surface area (Å²) in [7, 11) is 0. The first-order valence-corrected chi connectivity index (χ1v) is 10.1. The van der Waals surface area contributed by atoms with E-state index in [1.807, 2.05) is 60.0 Å². The summed E-state index contributed by atoms with van der Waals surface area (Å²) >= 11 is 1.55. The lowest BCUT2D eigenvalue weighted by molar-refractivity contribution is -0.122. The van der Waals surface area contributed by atoms with Gasteiger partial charge in [0, 0.05) is 47.9 Å². The van der Waals surface area contributed by atoms with Gasteiger partial charge in [0.25, 0.3) is 0 Å². The largest absolute Gasteiger partial charge is 0.326 e. The highest BCUT2D eigenvalue weighted by Crippen LogP contribution is 2.23. The quantitative estimate of drug-likeness (QED) is 0.600. The van der Waals surface area contributed by atoms with Gasteiger partial charge in [0.05, 0.1) is 12.5 Å². The first kappa shape index (κ1) is 20.2. The number of nitrogens with zero attached hydrogens (tertiary/aromatic N) is 3. The lowest BCUT2D eigenvalue weighted by Crippen LogP contribution is -2.32. The molecule has 0 bridgehead atoms. The minimum absolute atomic E-state index is 0.0724. The van der Waals surface area contributed by atoms with Gasteiger partial charge in [0.2, 0.25) is 11.8 Å². The van der Waals surface area contributed by atoms with Crippen molar-refractivity contribution in [2.75, 3.05) is 16.8 Å². The monoisotopic (exact) mass is 404 g/mol. The van der Waals surface area contributed by atoms with Gasteiger partial charge in [-0.05, 0) is 36.4 Å². The minimum Gasteiger partial charge on any atom is -0.326 e. The van der Waals surface area contributed by atoms with Crippen molar-refractivity contribution in [1.82, 2.24) is 4.98 Å². The van der Waals surface area contributed by atoms with E-state index < -0.39 is 0 Å². The highest BCUT2D eigenvalue weighted by atomic mass is 32.1.